The van der Waals surface area contributed by atoms with E-state index in [0.29, 0.717) is 12.2 Å². The van der Waals surface area contributed by atoms with Crippen LogP contribution in [0.4, 0.5) is 0 Å². The molecule has 1 unspecified atom stereocenters. The second-order valence-corrected chi connectivity index (χ2v) is 3.80. The van der Waals surface area contributed by atoms with Crippen molar-refractivity contribution in [2.24, 2.45) is 5.73 Å². The Morgan fingerprint density at radius 1 is 1.35 bits per heavy atom. The minimum Gasteiger partial charge on any atom is -0.494 e. The summed E-state index contributed by atoms with van der Waals surface area (Å²) >= 11 is 0. The molecule has 2 N–H and O–H groups in total. The van der Waals surface area contributed by atoms with E-state index in [9.17, 15) is 4.79 Å². The molecule has 0 saturated heterocycles. The van der Waals surface area contributed by atoms with Gasteiger partial charge < -0.3 is 15.2 Å². The van der Waals surface area contributed by atoms with Crippen molar-refractivity contribution in [3.05, 3.63) is 29.8 Å². The van der Waals surface area contributed by atoms with Gasteiger partial charge in [-0.1, -0.05) is 6.92 Å². The molecule has 17 heavy (non-hydrogen) atoms. The van der Waals surface area contributed by atoms with Gasteiger partial charge in [-0.05, 0) is 30.7 Å². The molecule has 4 heteroatoms. The zero-order valence-electron chi connectivity index (χ0n) is 10.3. The summed E-state index contributed by atoms with van der Waals surface area (Å²) in [6.45, 7) is 2.95. The van der Waals surface area contributed by atoms with E-state index in [4.69, 9.17) is 15.2 Å². The maximum atomic E-state index is 11.8. The molecule has 0 aromatic heterocycles. The van der Waals surface area contributed by atoms with E-state index in [1.165, 1.54) is 7.11 Å². The number of ether oxygens (including phenoxy) is 2. The highest BCUT2D eigenvalue weighted by atomic mass is 16.5. The number of hydrogen-bond acceptors (Lipinski definition) is 4. The average molecular weight is 237 g/mol. The third-order valence-electron chi connectivity index (χ3n) is 2.29. The van der Waals surface area contributed by atoms with Gasteiger partial charge >= 0.3 is 0 Å². The first kappa shape index (κ1) is 13.7. The molecule has 0 saturated carbocycles. The van der Waals surface area contributed by atoms with E-state index in [1.807, 2.05) is 6.92 Å². The molecule has 1 rings (SSSR count). The first-order valence-corrected chi connectivity index (χ1v) is 5.70. The van der Waals surface area contributed by atoms with E-state index < -0.39 is 6.04 Å². The van der Waals surface area contributed by atoms with Gasteiger partial charge in [0, 0.05) is 12.7 Å². The zero-order chi connectivity index (χ0) is 12.7. The number of nitrogens with two attached hydrogens (primary N) is 1. The Labute approximate surface area is 102 Å². The highest BCUT2D eigenvalue weighted by Crippen LogP contribution is 2.13. The fourth-order valence-corrected chi connectivity index (χ4v) is 1.40. The first-order valence-electron chi connectivity index (χ1n) is 5.70. The van der Waals surface area contributed by atoms with Crippen LogP contribution in [-0.2, 0) is 4.74 Å². The van der Waals surface area contributed by atoms with Crippen LogP contribution in [0.3, 0.4) is 0 Å². The topological polar surface area (TPSA) is 61.5 Å². The predicted molar refractivity (Wildman–Crippen MR) is 66.4 cm³/mol. The van der Waals surface area contributed by atoms with Gasteiger partial charge in [-0.3, -0.25) is 4.79 Å². The molecule has 0 bridgehead atoms. The summed E-state index contributed by atoms with van der Waals surface area (Å²) in [5, 5.41) is 0. The van der Waals surface area contributed by atoms with Gasteiger partial charge in [0.2, 0.25) is 0 Å². The first-order chi connectivity index (χ1) is 8.19. The maximum Gasteiger partial charge on any atom is 0.181 e. The van der Waals surface area contributed by atoms with Crippen molar-refractivity contribution in [1.29, 1.82) is 0 Å². The van der Waals surface area contributed by atoms with Crippen molar-refractivity contribution in [3.8, 4) is 5.75 Å². The SMILES string of the molecule is CCCOc1ccc(C(=O)C(N)COC)cc1. The van der Waals surface area contributed by atoms with Crippen molar-refractivity contribution >= 4 is 5.78 Å². The summed E-state index contributed by atoms with van der Waals surface area (Å²) in [5.74, 6) is 0.651. The van der Waals surface area contributed by atoms with E-state index in [2.05, 4.69) is 0 Å². The summed E-state index contributed by atoms with van der Waals surface area (Å²) in [7, 11) is 1.52. The molecule has 0 aliphatic rings. The molecule has 0 fully saturated rings. The summed E-state index contributed by atoms with van der Waals surface area (Å²) in [4.78, 5) is 11.8. The lowest BCUT2D eigenvalue weighted by molar-refractivity contribution is 0.0892. The normalized spacial score (nSPS) is 12.2. The lowest BCUT2D eigenvalue weighted by atomic mass is 10.1. The number of benzene rings is 1. The molecule has 0 spiro atoms. The van der Waals surface area contributed by atoms with Crippen molar-refractivity contribution in [2.75, 3.05) is 20.3 Å². The van der Waals surface area contributed by atoms with Crippen LogP contribution in [-0.4, -0.2) is 32.1 Å². The van der Waals surface area contributed by atoms with E-state index in [0.717, 1.165) is 12.2 Å². The fourth-order valence-electron chi connectivity index (χ4n) is 1.40. The molecule has 1 atom stereocenters. The van der Waals surface area contributed by atoms with Crippen LogP contribution in [0.15, 0.2) is 24.3 Å². The van der Waals surface area contributed by atoms with Crippen molar-refractivity contribution in [2.45, 2.75) is 19.4 Å². The molecular formula is C13H19NO3. The smallest absolute Gasteiger partial charge is 0.181 e. The van der Waals surface area contributed by atoms with E-state index in [1.54, 1.807) is 24.3 Å². The quantitative estimate of drug-likeness (QED) is 0.732. The largest absolute Gasteiger partial charge is 0.494 e. The molecule has 1 aromatic rings. The van der Waals surface area contributed by atoms with Crippen LogP contribution in [0.25, 0.3) is 0 Å². The average Bonchev–Trinajstić information content (AvgIpc) is 2.36. The zero-order valence-corrected chi connectivity index (χ0v) is 10.3. The fraction of sp³-hybridized carbons (Fsp3) is 0.462. The van der Waals surface area contributed by atoms with Crippen molar-refractivity contribution in [3.63, 3.8) is 0 Å². The number of carbonyl (C=O) groups is 1. The minimum atomic E-state index is -0.609. The van der Waals surface area contributed by atoms with Gasteiger partial charge in [-0.25, -0.2) is 0 Å². The van der Waals surface area contributed by atoms with Gasteiger partial charge in [0.15, 0.2) is 5.78 Å². The summed E-state index contributed by atoms with van der Waals surface area (Å²) in [5.41, 5.74) is 6.25. The predicted octanol–water partition coefficient (Wildman–Crippen LogP) is 1.63. The lowest BCUT2D eigenvalue weighted by Crippen LogP contribution is -2.34. The van der Waals surface area contributed by atoms with E-state index >= 15 is 0 Å². The lowest BCUT2D eigenvalue weighted by Gasteiger charge is -2.10. The summed E-state index contributed by atoms with van der Waals surface area (Å²) in [6, 6.07) is 6.40. The standard InChI is InChI=1S/C13H19NO3/c1-3-8-17-11-6-4-10(5-7-11)13(15)12(14)9-16-2/h4-7,12H,3,8-9,14H2,1-2H3. The van der Waals surface area contributed by atoms with Crippen LogP contribution in [0.1, 0.15) is 23.7 Å². The number of hydrogen-bond donors (Lipinski definition) is 1. The summed E-state index contributed by atoms with van der Waals surface area (Å²) in [6.07, 6.45) is 0.958. The number of rotatable bonds is 7. The molecular weight excluding hydrogens is 218 g/mol. The van der Waals surface area contributed by atoms with Crippen LogP contribution in [0, 0.1) is 0 Å². The Bertz CT molecular complexity index is 348. The minimum absolute atomic E-state index is 0.117. The maximum absolute atomic E-state index is 11.8. The number of methoxy groups -OCH3 is 1. The van der Waals surface area contributed by atoms with Crippen molar-refractivity contribution in [1.82, 2.24) is 0 Å². The Balaban J connectivity index is 2.63. The van der Waals surface area contributed by atoms with Gasteiger partial charge in [0.25, 0.3) is 0 Å². The third kappa shape index (κ3) is 4.17. The molecule has 1 aromatic carbocycles. The number of ketones is 1. The van der Waals surface area contributed by atoms with Crippen LogP contribution in [0.5, 0.6) is 5.75 Å². The summed E-state index contributed by atoms with van der Waals surface area (Å²) < 4.78 is 10.3. The number of carbonyl (C=O) groups excluding carboxylic acids is 1. The molecule has 0 heterocycles. The Kier molecular flexibility index (Phi) is 5.66. The van der Waals surface area contributed by atoms with E-state index in [-0.39, 0.29) is 12.4 Å². The Hall–Kier alpha value is -1.39. The van der Waals surface area contributed by atoms with Gasteiger partial charge in [-0.2, -0.15) is 0 Å². The Morgan fingerprint density at radius 2 is 2.00 bits per heavy atom. The number of Topliss-reactive ketones (excluding diaryl/α,β-unsaturated/α-hetero) is 1. The van der Waals surface area contributed by atoms with Crippen LogP contribution < -0.4 is 10.5 Å². The highest BCUT2D eigenvalue weighted by Gasteiger charge is 2.15. The second-order valence-electron chi connectivity index (χ2n) is 3.80. The monoisotopic (exact) mass is 237 g/mol. The molecule has 94 valence electrons. The molecule has 0 radical (unpaired) electrons. The molecule has 0 aliphatic carbocycles. The van der Waals surface area contributed by atoms with Crippen LogP contribution >= 0.6 is 0 Å². The van der Waals surface area contributed by atoms with Crippen LogP contribution in [0.2, 0.25) is 0 Å². The van der Waals surface area contributed by atoms with Crippen molar-refractivity contribution < 1.29 is 14.3 Å². The molecule has 4 nitrogen and oxygen atoms in total. The van der Waals surface area contributed by atoms with Gasteiger partial charge in [-0.15, -0.1) is 0 Å². The van der Waals surface area contributed by atoms with Gasteiger partial charge in [0.1, 0.15) is 5.75 Å². The molecule has 0 aliphatic heterocycles. The highest BCUT2D eigenvalue weighted by molar-refractivity contribution is 6.00. The third-order valence-corrected chi connectivity index (χ3v) is 2.29. The molecule has 0 amide bonds. The van der Waals surface area contributed by atoms with Gasteiger partial charge in [0.05, 0.1) is 19.3 Å². The Morgan fingerprint density at radius 3 is 2.53 bits per heavy atom. The second kappa shape index (κ2) is 7.04.